The largest absolute Gasteiger partial charge is 0.504 e. The first kappa shape index (κ1) is 15.5. The summed E-state index contributed by atoms with van der Waals surface area (Å²) < 4.78 is 0. The highest BCUT2D eigenvalue weighted by Crippen LogP contribution is 2.36. The van der Waals surface area contributed by atoms with Gasteiger partial charge in [0.2, 0.25) is 0 Å². The number of nitrogens with one attached hydrogen (secondary N) is 3. The van der Waals surface area contributed by atoms with Crippen molar-refractivity contribution in [3.63, 3.8) is 0 Å². The summed E-state index contributed by atoms with van der Waals surface area (Å²) >= 11 is 0. The maximum Gasteiger partial charge on any atom is 0.162 e. The Kier molecular flexibility index (Phi) is 5.33. The van der Waals surface area contributed by atoms with Gasteiger partial charge in [-0.15, -0.1) is 0 Å². The molecule has 1 rings (SSSR count). The van der Waals surface area contributed by atoms with E-state index in [1.165, 1.54) is 0 Å². The van der Waals surface area contributed by atoms with E-state index in [1.807, 2.05) is 12.1 Å². The van der Waals surface area contributed by atoms with Crippen LogP contribution < -0.4 is 16.0 Å². The van der Waals surface area contributed by atoms with Crippen molar-refractivity contribution in [3.05, 3.63) is 12.1 Å². The Bertz CT molecular complexity index is 383. The first-order valence-electron chi connectivity index (χ1n) is 6.96. The summed E-state index contributed by atoms with van der Waals surface area (Å²) in [6.45, 7) is 12.4. The van der Waals surface area contributed by atoms with Crippen molar-refractivity contribution in [3.8, 4) is 5.75 Å². The highest BCUT2D eigenvalue weighted by molar-refractivity contribution is 5.77. The van der Waals surface area contributed by atoms with Gasteiger partial charge in [-0.05, 0) is 53.7 Å². The van der Waals surface area contributed by atoms with E-state index in [0.29, 0.717) is 6.04 Å². The summed E-state index contributed by atoms with van der Waals surface area (Å²) in [4.78, 5) is 0. The highest BCUT2D eigenvalue weighted by atomic mass is 16.3. The molecule has 0 heterocycles. The molecular weight excluding hydrogens is 238 g/mol. The average Bonchev–Trinajstić information content (AvgIpc) is 2.22. The topological polar surface area (TPSA) is 56.3 Å². The minimum absolute atomic E-state index is 0.270. The predicted octanol–water partition coefficient (Wildman–Crippen LogP) is 3.85. The summed E-state index contributed by atoms with van der Waals surface area (Å²) in [6.07, 6.45) is 0. The Morgan fingerprint density at radius 2 is 1.11 bits per heavy atom. The third-order valence-electron chi connectivity index (χ3n) is 2.45. The molecule has 0 aliphatic rings. The SMILES string of the molecule is CC(C)Nc1cc(NC(C)C)c(O)c(NC(C)C)c1. The normalized spacial score (nSPS) is 11.2. The molecule has 1 aromatic carbocycles. The Hall–Kier alpha value is -1.58. The fourth-order valence-electron chi connectivity index (χ4n) is 1.89. The van der Waals surface area contributed by atoms with Crippen LogP contribution in [-0.4, -0.2) is 23.2 Å². The first-order chi connectivity index (χ1) is 8.79. The van der Waals surface area contributed by atoms with E-state index in [9.17, 15) is 5.11 Å². The fraction of sp³-hybridized carbons (Fsp3) is 0.600. The fourth-order valence-corrected chi connectivity index (χ4v) is 1.89. The summed E-state index contributed by atoms with van der Waals surface area (Å²) in [7, 11) is 0. The molecule has 0 atom stereocenters. The van der Waals surface area contributed by atoms with Crippen LogP contribution in [-0.2, 0) is 0 Å². The van der Waals surface area contributed by atoms with Gasteiger partial charge < -0.3 is 21.1 Å². The molecule has 0 aromatic heterocycles. The number of hydrogen-bond donors (Lipinski definition) is 4. The third-order valence-corrected chi connectivity index (χ3v) is 2.45. The Balaban J connectivity index is 3.13. The van der Waals surface area contributed by atoms with E-state index in [4.69, 9.17) is 0 Å². The molecule has 0 fully saturated rings. The number of phenols is 1. The Morgan fingerprint density at radius 3 is 1.42 bits per heavy atom. The Labute approximate surface area is 116 Å². The van der Waals surface area contributed by atoms with Gasteiger partial charge in [0.05, 0.1) is 11.4 Å². The van der Waals surface area contributed by atoms with E-state index in [0.717, 1.165) is 17.1 Å². The van der Waals surface area contributed by atoms with Gasteiger partial charge in [0, 0.05) is 23.8 Å². The molecule has 0 saturated heterocycles. The monoisotopic (exact) mass is 265 g/mol. The lowest BCUT2D eigenvalue weighted by Gasteiger charge is -2.20. The summed E-state index contributed by atoms with van der Waals surface area (Å²) in [5.41, 5.74) is 2.51. The van der Waals surface area contributed by atoms with Gasteiger partial charge in [0.15, 0.2) is 5.75 Å². The first-order valence-corrected chi connectivity index (χ1v) is 6.96. The molecule has 0 radical (unpaired) electrons. The zero-order valence-electron chi connectivity index (χ0n) is 12.8. The van der Waals surface area contributed by atoms with Gasteiger partial charge >= 0.3 is 0 Å². The molecule has 0 amide bonds. The number of phenolic OH excluding ortho intramolecular Hbond substituents is 1. The van der Waals surface area contributed by atoms with E-state index in [2.05, 4.69) is 57.5 Å². The number of benzene rings is 1. The minimum atomic E-state index is 0.270. The maximum absolute atomic E-state index is 10.3. The molecular formula is C15H27N3O. The average molecular weight is 265 g/mol. The second-order valence-corrected chi connectivity index (χ2v) is 5.82. The zero-order chi connectivity index (χ0) is 14.6. The minimum Gasteiger partial charge on any atom is -0.504 e. The molecule has 108 valence electrons. The predicted molar refractivity (Wildman–Crippen MR) is 84.4 cm³/mol. The highest BCUT2D eigenvalue weighted by Gasteiger charge is 2.12. The van der Waals surface area contributed by atoms with Crippen LogP contribution in [0.4, 0.5) is 17.1 Å². The van der Waals surface area contributed by atoms with Crippen LogP contribution in [0, 0.1) is 0 Å². The van der Waals surface area contributed by atoms with E-state index in [-0.39, 0.29) is 17.8 Å². The zero-order valence-corrected chi connectivity index (χ0v) is 12.8. The molecule has 0 unspecified atom stereocenters. The second-order valence-electron chi connectivity index (χ2n) is 5.82. The van der Waals surface area contributed by atoms with Crippen LogP contribution in [0.1, 0.15) is 41.5 Å². The molecule has 0 bridgehead atoms. The number of anilines is 3. The lowest BCUT2D eigenvalue weighted by Crippen LogP contribution is -2.15. The number of rotatable bonds is 6. The van der Waals surface area contributed by atoms with Crippen LogP contribution in [0.25, 0.3) is 0 Å². The van der Waals surface area contributed by atoms with Crippen LogP contribution >= 0.6 is 0 Å². The summed E-state index contributed by atoms with van der Waals surface area (Å²) in [6, 6.07) is 4.78. The summed E-state index contributed by atoms with van der Waals surface area (Å²) in [5.74, 6) is 0.275. The smallest absolute Gasteiger partial charge is 0.162 e. The molecule has 1 aromatic rings. The Morgan fingerprint density at radius 1 is 0.737 bits per heavy atom. The number of hydrogen-bond acceptors (Lipinski definition) is 4. The van der Waals surface area contributed by atoms with E-state index < -0.39 is 0 Å². The van der Waals surface area contributed by atoms with E-state index >= 15 is 0 Å². The van der Waals surface area contributed by atoms with Crippen LogP contribution in [0.15, 0.2) is 12.1 Å². The van der Waals surface area contributed by atoms with Gasteiger partial charge in [-0.3, -0.25) is 0 Å². The molecule has 19 heavy (non-hydrogen) atoms. The maximum atomic E-state index is 10.3. The van der Waals surface area contributed by atoms with Gasteiger partial charge in [-0.2, -0.15) is 0 Å². The van der Waals surface area contributed by atoms with Gasteiger partial charge in [0.25, 0.3) is 0 Å². The molecule has 0 spiro atoms. The molecule has 4 nitrogen and oxygen atoms in total. The summed E-state index contributed by atoms with van der Waals surface area (Å²) in [5, 5.41) is 20.2. The van der Waals surface area contributed by atoms with Crippen molar-refractivity contribution in [2.45, 2.75) is 59.7 Å². The van der Waals surface area contributed by atoms with Crippen molar-refractivity contribution in [1.29, 1.82) is 0 Å². The molecule has 0 saturated carbocycles. The third kappa shape index (κ3) is 4.89. The van der Waals surface area contributed by atoms with E-state index in [1.54, 1.807) is 0 Å². The van der Waals surface area contributed by atoms with Crippen molar-refractivity contribution >= 4 is 17.1 Å². The van der Waals surface area contributed by atoms with Gasteiger partial charge in [-0.25, -0.2) is 0 Å². The van der Waals surface area contributed by atoms with Gasteiger partial charge in [-0.1, -0.05) is 0 Å². The van der Waals surface area contributed by atoms with Gasteiger partial charge in [0.1, 0.15) is 0 Å². The molecule has 0 aliphatic carbocycles. The second kappa shape index (κ2) is 6.55. The standard InChI is InChI=1S/C15H27N3O/c1-9(2)16-12-7-13(17-10(3)4)15(19)14(8-12)18-11(5)6/h7-11,16-19H,1-6H3. The van der Waals surface area contributed by atoms with Crippen LogP contribution in [0.5, 0.6) is 5.75 Å². The molecule has 0 aliphatic heterocycles. The quantitative estimate of drug-likeness (QED) is 0.466. The molecule has 4 N–H and O–H groups in total. The lowest BCUT2D eigenvalue weighted by atomic mass is 10.1. The van der Waals surface area contributed by atoms with Crippen molar-refractivity contribution in [2.24, 2.45) is 0 Å². The number of aromatic hydroxyl groups is 1. The lowest BCUT2D eigenvalue weighted by molar-refractivity contribution is 0.478. The molecule has 4 heteroatoms. The van der Waals surface area contributed by atoms with Crippen LogP contribution in [0.2, 0.25) is 0 Å². The van der Waals surface area contributed by atoms with Crippen molar-refractivity contribution in [2.75, 3.05) is 16.0 Å². The van der Waals surface area contributed by atoms with Crippen LogP contribution in [0.3, 0.4) is 0 Å². The van der Waals surface area contributed by atoms with Crippen molar-refractivity contribution in [1.82, 2.24) is 0 Å². The van der Waals surface area contributed by atoms with Crippen molar-refractivity contribution < 1.29 is 5.11 Å².